The van der Waals surface area contributed by atoms with E-state index in [2.05, 4.69) is 6.92 Å². The standard InChI is InChI=1S/C14H25N3O3S/c1-3-5-16-10-14(8-13(16)9-15)21(18,19)17-6-7-20-11-12(17)4-2/h8,10,12H,3-7,9,11,15H2,1-2H3. The van der Waals surface area contributed by atoms with Crippen molar-refractivity contribution in [3.8, 4) is 0 Å². The van der Waals surface area contributed by atoms with Crippen molar-refractivity contribution in [3.05, 3.63) is 18.0 Å². The van der Waals surface area contributed by atoms with Crippen molar-refractivity contribution in [3.63, 3.8) is 0 Å². The van der Waals surface area contributed by atoms with E-state index in [1.807, 2.05) is 11.5 Å². The first-order valence-corrected chi connectivity index (χ1v) is 8.97. The average molecular weight is 315 g/mol. The van der Waals surface area contributed by atoms with E-state index in [0.29, 0.717) is 31.2 Å². The highest BCUT2D eigenvalue weighted by atomic mass is 32.2. The summed E-state index contributed by atoms with van der Waals surface area (Å²) in [5.41, 5.74) is 6.58. The molecule has 0 aromatic carbocycles. The van der Waals surface area contributed by atoms with Gasteiger partial charge >= 0.3 is 0 Å². The normalized spacial score (nSPS) is 20.8. The lowest BCUT2D eigenvalue weighted by Crippen LogP contribution is -2.48. The molecule has 1 aliphatic rings. The maximum atomic E-state index is 12.9. The minimum atomic E-state index is -3.48. The smallest absolute Gasteiger partial charge is 0.245 e. The lowest BCUT2D eigenvalue weighted by molar-refractivity contribution is 0.0314. The number of sulfonamides is 1. The van der Waals surface area contributed by atoms with Crippen molar-refractivity contribution in [2.24, 2.45) is 5.73 Å². The van der Waals surface area contributed by atoms with E-state index < -0.39 is 10.0 Å². The SMILES string of the molecule is CCCn1cc(S(=O)(=O)N2CCOCC2CC)cc1CN. The van der Waals surface area contributed by atoms with E-state index in [9.17, 15) is 8.42 Å². The van der Waals surface area contributed by atoms with Crippen molar-refractivity contribution in [1.82, 2.24) is 8.87 Å². The zero-order valence-corrected chi connectivity index (χ0v) is 13.6. The van der Waals surface area contributed by atoms with Gasteiger partial charge in [-0.05, 0) is 18.9 Å². The highest BCUT2D eigenvalue weighted by Crippen LogP contribution is 2.24. The lowest BCUT2D eigenvalue weighted by atomic mass is 10.2. The Hall–Kier alpha value is -0.890. The Morgan fingerprint density at radius 2 is 2.19 bits per heavy atom. The van der Waals surface area contributed by atoms with E-state index >= 15 is 0 Å². The molecule has 2 N–H and O–H groups in total. The van der Waals surface area contributed by atoms with Crippen LogP contribution in [0.5, 0.6) is 0 Å². The molecular formula is C14H25N3O3S. The number of hydrogen-bond acceptors (Lipinski definition) is 4. The summed E-state index contributed by atoms with van der Waals surface area (Å²) in [6, 6.07) is 1.62. The summed E-state index contributed by atoms with van der Waals surface area (Å²) in [5.74, 6) is 0. The molecule has 1 atom stereocenters. The molecule has 6 nitrogen and oxygen atoms in total. The quantitative estimate of drug-likeness (QED) is 0.854. The topological polar surface area (TPSA) is 77.6 Å². The third-order valence-electron chi connectivity index (χ3n) is 3.89. The van der Waals surface area contributed by atoms with Gasteiger partial charge in [0.2, 0.25) is 10.0 Å². The second kappa shape index (κ2) is 6.91. The van der Waals surface area contributed by atoms with Crippen LogP contribution in [0.1, 0.15) is 32.4 Å². The Labute approximate surface area is 126 Å². The fraction of sp³-hybridized carbons (Fsp3) is 0.714. The van der Waals surface area contributed by atoms with E-state index in [0.717, 1.165) is 25.1 Å². The van der Waals surface area contributed by atoms with Gasteiger partial charge in [0.05, 0.1) is 13.2 Å². The number of morpholine rings is 1. The molecule has 120 valence electrons. The first kappa shape index (κ1) is 16.5. The summed E-state index contributed by atoms with van der Waals surface area (Å²) in [6.07, 6.45) is 3.40. The van der Waals surface area contributed by atoms with Crippen LogP contribution in [-0.4, -0.2) is 43.1 Å². The highest BCUT2D eigenvalue weighted by molar-refractivity contribution is 7.89. The zero-order valence-electron chi connectivity index (χ0n) is 12.8. The van der Waals surface area contributed by atoms with Crippen molar-refractivity contribution < 1.29 is 13.2 Å². The number of aromatic nitrogens is 1. The fourth-order valence-corrected chi connectivity index (χ4v) is 4.43. The van der Waals surface area contributed by atoms with Gasteiger partial charge in [-0.1, -0.05) is 13.8 Å². The van der Waals surface area contributed by atoms with Crippen LogP contribution in [0.2, 0.25) is 0 Å². The number of nitrogens with two attached hydrogens (primary N) is 1. The third-order valence-corrected chi connectivity index (χ3v) is 5.80. The Morgan fingerprint density at radius 3 is 2.81 bits per heavy atom. The summed E-state index contributed by atoms with van der Waals surface area (Å²) in [6.45, 7) is 6.50. The monoisotopic (exact) mass is 315 g/mol. The number of nitrogens with zero attached hydrogens (tertiary/aromatic N) is 2. The van der Waals surface area contributed by atoms with Crippen molar-refractivity contribution in [2.75, 3.05) is 19.8 Å². The zero-order chi connectivity index (χ0) is 15.5. The fourth-order valence-electron chi connectivity index (χ4n) is 2.70. The van der Waals surface area contributed by atoms with Crippen molar-refractivity contribution in [2.45, 2.75) is 50.7 Å². The van der Waals surface area contributed by atoms with E-state index in [4.69, 9.17) is 10.5 Å². The first-order valence-electron chi connectivity index (χ1n) is 7.53. The van der Waals surface area contributed by atoms with Gasteiger partial charge in [-0.25, -0.2) is 8.42 Å². The van der Waals surface area contributed by atoms with Crippen LogP contribution >= 0.6 is 0 Å². The second-order valence-corrected chi connectivity index (χ2v) is 7.21. The molecule has 0 aliphatic carbocycles. The van der Waals surface area contributed by atoms with Crippen LogP contribution in [0.15, 0.2) is 17.2 Å². The predicted octanol–water partition coefficient (Wildman–Crippen LogP) is 1.16. The maximum Gasteiger partial charge on any atom is 0.245 e. The van der Waals surface area contributed by atoms with E-state index in [1.54, 1.807) is 16.6 Å². The van der Waals surface area contributed by atoms with Gasteiger partial charge < -0.3 is 15.0 Å². The van der Waals surface area contributed by atoms with E-state index in [-0.39, 0.29) is 6.04 Å². The molecule has 1 fully saturated rings. The van der Waals surface area contributed by atoms with Gasteiger partial charge in [-0.3, -0.25) is 0 Å². The Bertz CT molecular complexity index is 568. The number of aryl methyl sites for hydroxylation is 1. The summed E-state index contributed by atoms with van der Waals surface area (Å²) in [5, 5.41) is 0. The van der Waals surface area contributed by atoms with Crippen molar-refractivity contribution >= 4 is 10.0 Å². The van der Waals surface area contributed by atoms with Crippen LogP contribution in [-0.2, 0) is 27.8 Å². The minimum Gasteiger partial charge on any atom is -0.378 e. The average Bonchev–Trinajstić information content (AvgIpc) is 2.91. The third kappa shape index (κ3) is 3.31. The molecule has 1 aromatic rings. The van der Waals surface area contributed by atoms with Gasteiger partial charge in [-0.15, -0.1) is 0 Å². The molecule has 2 rings (SSSR count). The molecule has 1 saturated heterocycles. The van der Waals surface area contributed by atoms with Gasteiger partial charge in [0, 0.05) is 37.6 Å². The number of ether oxygens (including phenoxy) is 1. The number of rotatable bonds is 6. The van der Waals surface area contributed by atoms with Crippen LogP contribution in [0.4, 0.5) is 0 Å². The van der Waals surface area contributed by atoms with Gasteiger partial charge in [0.15, 0.2) is 0 Å². The summed E-state index contributed by atoms with van der Waals surface area (Å²) in [4.78, 5) is 0.344. The molecule has 0 bridgehead atoms. The molecule has 21 heavy (non-hydrogen) atoms. The Kier molecular flexibility index (Phi) is 5.43. The molecule has 2 heterocycles. The summed E-state index contributed by atoms with van der Waals surface area (Å²) in [7, 11) is -3.48. The number of hydrogen-bond donors (Lipinski definition) is 1. The Balaban J connectivity index is 2.34. The van der Waals surface area contributed by atoms with E-state index in [1.165, 1.54) is 0 Å². The molecule has 7 heteroatoms. The maximum absolute atomic E-state index is 12.9. The van der Waals surface area contributed by atoms with Gasteiger partial charge in [0.1, 0.15) is 4.90 Å². The molecule has 1 aliphatic heterocycles. The summed E-state index contributed by atoms with van der Waals surface area (Å²) >= 11 is 0. The van der Waals surface area contributed by atoms with Gasteiger partial charge in [0.25, 0.3) is 0 Å². The molecule has 0 saturated carbocycles. The molecular weight excluding hydrogens is 290 g/mol. The van der Waals surface area contributed by atoms with Crippen molar-refractivity contribution in [1.29, 1.82) is 0 Å². The van der Waals surface area contributed by atoms with Crippen LogP contribution in [0, 0.1) is 0 Å². The summed E-state index contributed by atoms with van der Waals surface area (Å²) < 4.78 is 34.6. The molecule has 0 spiro atoms. The first-order chi connectivity index (χ1) is 10.0. The van der Waals surface area contributed by atoms with Crippen LogP contribution in [0.25, 0.3) is 0 Å². The Morgan fingerprint density at radius 1 is 1.43 bits per heavy atom. The predicted molar refractivity (Wildman–Crippen MR) is 81.4 cm³/mol. The van der Waals surface area contributed by atoms with Gasteiger partial charge in [-0.2, -0.15) is 4.31 Å². The lowest BCUT2D eigenvalue weighted by Gasteiger charge is -2.33. The highest BCUT2D eigenvalue weighted by Gasteiger charge is 2.33. The molecule has 1 aromatic heterocycles. The molecule has 0 amide bonds. The molecule has 1 unspecified atom stereocenters. The molecule has 0 radical (unpaired) electrons. The van der Waals surface area contributed by atoms with Crippen LogP contribution in [0.3, 0.4) is 0 Å². The largest absolute Gasteiger partial charge is 0.378 e. The minimum absolute atomic E-state index is 0.0837. The van der Waals surface area contributed by atoms with Crippen LogP contribution < -0.4 is 5.73 Å². The second-order valence-electron chi connectivity index (χ2n) is 5.32.